The van der Waals surface area contributed by atoms with Crippen LogP contribution in [-0.4, -0.2) is 27.0 Å². The predicted molar refractivity (Wildman–Crippen MR) is 87.5 cm³/mol. The summed E-state index contributed by atoms with van der Waals surface area (Å²) in [4.78, 5) is 16.4. The lowest BCUT2D eigenvalue weighted by Crippen LogP contribution is -2.17. The number of anilines is 1. The van der Waals surface area contributed by atoms with E-state index in [4.69, 9.17) is 0 Å². The molecule has 0 atom stereocenters. The number of nitrogens with zero attached hydrogens (tertiary/aromatic N) is 3. The summed E-state index contributed by atoms with van der Waals surface area (Å²) in [5, 5.41) is 6.63. The molecule has 0 spiro atoms. The molecule has 6 nitrogen and oxygen atoms in total. The van der Waals surface area contributed by atoms with E-state index in [9.17, 15) is 18.0 Å². The van der Waals surface area contributed by atoms with E-state index in [0.29, 0.717) is 16.9 Å². The van der Waals surface area contributed by atoms with Gasteiger partial charge in [0.25, 0.3) is 5.91 Å². The number of aryl methyl sites for hydroxylation is 1. The molecule has 3 aromatic rings. The van der Waals surface area contributed by atoms with Gasteiger partial charge in [-0.3, -0.25) is 14.5 Å². The number of amides is 1. The summed E-state index contributed by atoms with van der Waals surface area (Å²) in [7, 11) is 1.79. The standard InChI is InChI=1S/C17H13F3N4O2/c1-24-10-12(9-22-24)15-7-2-11(8-21-15)16(25)23-13-3-5-14(6-4-13)26-17(18,19)20/h2-10H,1H3,(H,23,25). The van der Waals surface area contributed by atoms with E-state index >= 15 is 0 Å². The fraction of sp³-hybridized carbons (Fsp3) is 0.118. The number of carbonyl (C=O) groups excluding carboxylic acids is 1. The van der Waals surface area contributed by atoms with Crippen molar-refractivity contribution in [3.63, 3.8) is 0 Å². The number of ether oxygens (including phenoxy) is 1. The van der Waals surface area contributed by atoms with Gasteiger partial charge in [-0.2, -0.15) is 5.10 Å². The van der Waals surface area contributed by atoms with Gasteiger partial charge < -0.3 is 10.1 Å². The molecule has 0 aliphatic rings. The van der Waals surface area contributed by atoms with Crippen LogP contribution in [0.1, 0.15) is 10.4 Å². The Balaban J connectivity index is 1.66. The molecule has 134 valence electrons. The molecule has 0 saturated carbocycles. The number of halogens is 3. The van der Waals surface area contributed by atoms with Crippen LogP contribution in [0.4, 0.5) is 18.9 Å². The second-order valence-electron chi connectivity index (χ2n) is 5.36. The zero-order valence-electron chi connectivity index (χ0n) is 13.5. The lowest BCUT2D eigenvalue weighted by molar-refractivity contribution is -0.274. The first-order valence-corrected chi connectivity index (χ1v) is 7.42. The third-order valence-corrected chi connectivity index (χ3v) is 3.37. The SMILES string of the molecule is Cn1cc(-c2ccc(C(=O)Nc3ccc(OC(F)(F)F)cc3)cn2)cn1. The quantitative estimate of drug-likeness (QED) is 0.769. The first-order valence-electron chi connectivity index (χ1n) is 7.42. The first-order chi connectivity index (χ1) is 12.3. The van der Waals surface area contributed by atoms with Crippen molar-refractivity contribution in [1.82, 2.24) is 14.8 Å². The molecule has 9 heteroatoms. The Kier molecular flexibility index (Phi) is 4.61. The average molecular weight is 362 g/mol. The Hall–Kier alpha value is -3.36. The number of nitrogens with one attached hydrogen (secondary N) is 1. The summed E-state index contributed by atoms with van der Waals surface area (Å²) in [6, 6.07) is 8.16. The van der Waals surface area contributed by atoms with Crippen molar-refractivity contribution in [3.05, 3.63) is 60.6 Å². The molecular formula is C17H13F3N4O2. The zero-order valence-corrected chi connectivity index (χ0v) is 13.5. The van der Waals surface area contributed by atoms with Crippen molar-refractivity contribution in [2.45, 2.75) is 6.36 Å². The van der Waals surface area contributed by atoms with Gasteiger partial charge in [-0.05, 0) is 36.4 Å². The average Bonchev–Trinajstić information content (AvgIpc) is 3.02. The van der Waals surface area contributed by atoms with Crippen molar-refractivity contribution >= 4 is 11.6 Å². The lowest BCUT2D eigenvalue weighted by atomic mass is 10.2. The van der Waals surface area contributed by atoms with E-state index in [0.717, 1.165) is 17.7 Å². The molecule has 0 aliphatic carbocycles. The fourth-order valence-electron chi connectivity index (χ4n) is 2.20. The van der Waals surface area contributed by atoms with E-state index < -0.39 is 12.3 Å². The Morgan fingerprint density at radius 3 is 2.38 bits per heavy atom. The minimum Gasteiger partial charge on any atom is -0.406 e. The number of carbonyl (C=O) groups is 1. The van der Waals surface area contributed by atoms with Gasteiger partial charge in [-0.25, -0.2) is 0 Å². The number of rotatable bonds is 4. The normalized spacial score (nSPS) is 11.2. The highest BCUT2D eigenvalue weighted by molar-refractivity contribution is 6.04. The molecule has 0 aliphatic heterocycles. The van der Waals surface area contributed by atoms with Gasteiger partial charge in [-0.1, -0.05) is 0 Å². The van der Waals surface area contributed by atoms with Gasteiger partial charge in [0.2, 0.25) is 0 Å². The van der Waals surface area contributed by atoms with Crippen LogP contribution < -0.4 is 10.1 Å². The first kappa shape index (κ1) is 17.5. The molecule has 0 saturated heterocycles. The van der Waals surface area contributed by atoms with E-state index in [1.807, 2.05) is 0 Å². The highest BCUT2D eigenvalue weighted by atomic mass is 19.4. The van der Waals surface area contributed by atoms with Crippen molar-refractivity contribution in [3.8, 4) is 17.0 Å². The summed E-state index contributed by atoms with van der Waals surface area (Å²) < 4.78 is 41.8. The third kappa shape index (κ3) is 4.38. The minimum absolute atomic E-state index is 0.313. The maximum Gasteiger partial charge on any atom is 0.573 e. The number of benzene rings is 1. The van der Waals surface area contributed by atoms with Crippen molar-refractivity contribution < 1.29 is 22.7 Å². The van der Waals surface area contributed by atoms with Gasteiger partial charge in [0.05, 0.1) is 17.5 Å². The van der Waals surface area contributed by atoms with E-state index in [-0.39, 0.29) is 5.75 Å². The summed E-state index contributed by atoms with van der Waals surface area (Å²) >= 11 is 0. The number of alkyl halides is 3. The van der Waals surface area contributed by atoms with Gasteiger partial charge in [0, 0.05) is 30.7 Å². The number of aromatic nitrogens is 3. The molecule has 3 rings (SSSR count). The van der Waals surface area contributed by atoms with Crippen LogP contribution in [0.25, 0.3) is 11.3 Å². The smallest absolute Gasteiger partial charge is 0.406 e. The van der Waals surface area contributed by atoms with Crippen molar-refractivity contribution in [2.75, 3.05) is 5.32 Å². The van der Waals surface area contributed by atoms with Crippen LogP contribution in [-0.2, 0) is 7.05 Å². The number of pyridine rings is 1. The molecule has 2 aromatic heterocycles. The van der Waals surface area contributed by atoms with Crippen molar-refractivity contribution in [2.24, 2.45) is 7.05 Å². The van der Waals surface area contributed by atoms with Gasteiger partial charge in [-0.15, -0.1) is 13.2 Å². The van der Waals surface area contributed by atoms with Gasteiger partial charge in [0.1, 0.15) is 5.75 Å². The van der Waals surface area contributed by atoms with Crippen LogP contribution in [0.2, 0.25) is 0 Å². The second kappa shape index (κ2) is 6.87. The molecule has 2 heterocycles. The molecule has 1 aromatic carbocycles. The van der Waals surface area contributed by atoms with Crippen LogP contribution in [0, 0.1) is 0 Å². The number of hydrogen-bond donors (Lipinski definition) is 1. The molecule has 0 fully saturated rings. The Morgan fingerprint density at radius 2 is 1.85 bits per heavy atom. The fourth-order valence-corrected chi connectivity index (χ4v) is 2.20. The van der Waals surface area contributed by atoms with E-state index in [2.05, 4.69) is 20.1 Å². The topological polar surface area (TPSA) is 69.0 Å². The third-order valence-electron chi connectivity index (χ3n) is 3.37. The summed E-state index contributed by atoms with van der Waals surface area (Å²) in [5.41, 5.74) is 2.14. The zero-order chi connectivity index (χ0) is 18.7. The minimum atomic E-state index is -4.76. The molecule has 1 N–H and O–H groups in total. The molecule has 26 heavy (non-hydrogen) atoms. The van der Waals surface area contributed by atoms with E-state index in [1.165, 1.54) is 18.3 Å². The number of hydrogen-bond acceptors (Lipinski definition) is 4. The van der Waals surface area contributed by atoms with Crippen molar-refractivity contribution in [1.29, 1.82) is 0 Å². The van der Waals surface area contributed by atoms with Gasteiger partial charge in [0.15, 0.2) is 0 Å². The van der Waals surface area contributed by atoms with E-state index in [1.54, 1.807) is 36.3 Å². The predicted octanol–water partition coefficient (Wildman–Crippen LogP) is 3.63. The second-order valence-corrected chi connectivity index (χ2v) is 5.36. The maximum absolute atomic E-state index is 12.2. The molecular weight excluding hydrogens is 349 g/mol. The highest BCUT2D eigenvalue weighted by Gasteiger charge is 2.30. The summed E-state index contributed by atoms with van der Waals surface area (Å²) in [5.74, 6) is -0.794. The summed E-state index contributed by atoms with van der Waals surface area (Å²) in [6.07, 6.45) is 0.116. The van der Waals surface area contributed by atoms with Crippen LogP contribution >= 0.6 is 0 Å². The highest BCUT2D eigenvalue weighted by Crippen LogP contribution is 2.24. The largest absolute Gasteiger partial charge is 0.573 e. The van der Waals surface area contributed by atoms with Crippen LogP contribution in [0.5, 0.6) is 5.75 Å². The van der Waals surface area contributed by atoms with Crippen LogP contribution in [0.3, 0.4) is 0 Å². The summed E-state index contributed by atoms with van der Waals surface area (Å²) in [6.45, 7) is 0. The Labute approximate surface area is 146 Å². The van der Waals surface area contributed by atoms with Gasteiger partial charge >= 0.3 is 6.36 Å². The Morgan fingerprint density at radius 1 is 1.12 bits per heavy atom. The molecule has 0 radical (unpaired) electrons. The molecule has 0 unspecified atom stereocenters. The Bertz CT molecular complexity index is 903. The molecule has 1 amide bonds. The van der Waals surface area contributed by atoms with Crippen LogP contribution in [0.15, 0.2) is 55.0 Å². The lowest BCUT2D eigenvalue weighted by Gasteiger charge is -2.10. The molecule has 0 bridgehead atoms. The maximum atomic E-state index is 12.2. The monoisotopic (exact) mass is 362 g/mol.